The van der Waals surface area contributed by atoms with Crippen molar-refractivity contribution in [1.29, 1.82) is 5.26 Å². The molecule has 0 radical (unpaired) electrons. The van der Waals surface area contributed by atoms with Crippen molar-refractivity contribution in [3.05, 3.63) is 91.8 Å². The zero-order chi connectivity index (χ0) is 26.5. The van der Waals surface area contributed by atoms with Gasteiger partial charge in [-0.2, -0.15) is 5.26 Å². The molecule has 37 heavy (non-hydrogen) atoms. The molecule has 1 aromatic heterocycles. The van der Waals surface area contributed by atoms with E-state index in [2.05, 4.69) is 9.97 Å². The number of nitro groups is 1. The number of carbonyl (C=O) groups is 1. The third kappa shape index (κ3) is 5.92. The van der Waals surface area contributed by atoms with Crippen LogP contribution in [0.1, 0.15) is 40.4 Å². The van der Waals surface area contributed by atoms with Gasteiger partial charge in [0.05, 0.1) is 34.5 Å². The Balaban J connectivity index is 1.44. The SMILES string of the molecule is N#Cc1ccc([N+](=O)[O-])cc1OCCN(CCc1nc(Cl)nc2c1CCC2c1ccc(F)cc1)C(=O)O. The number of amides is 1. The van der Waals surface area contributed by atoms with Gasteiger partial charge in [0.2, 0.25) is 5.28 Å². The number of benzene rings is 2. The second-order valence-electron chi connectivity index (χ2n) is 8.36. The maximum Gasteiger partial charge on any atom is 0.407 e. The van der Waals surface area contributed by atoms with Gasteiger partial charge in [-0.3, -0.25) is 10.1 Å². The van der Waals surface area contributed by atoms with E-state index in [4.69, 9.17) is 16.3 Å². The first-order valence-electron chi connectivity index (χ1n) is 11.4. The molecule has 1 N–H and O–H groups in total. The van der Waals surface area contributed by atoms with Crippen LogP contribution in [0.15, 0.2) is 42.5 Å². The normalized spacial score (nSPS) is 14.0. The number of nitrogens with zero attached hydrogens (tertiary/aromatic N) is 5. The molecule has 1 heterocycles. The van der Waals surface area contributed by atoms with Gasteiger partial charge in [-0.15, -0.1) is 0 Å². The van der Waals surface area contributed by atoms with E-state index in [-0.39, 0.29) is 60.1 Å². The molecule has 0 saturated heterocycles. The third-order valence-electron chi connectivity index (χ3n) is 6.19. The number of rotatable bonds is 9. The number of nitriles is 1. The van der Waals surface area contributed by atoms with Crippen molar-refractivity contribution in [2.45, 2.75) is 25.2 Å². The number of ether oxygens (including phenoxy) is 1. The van der Waals surface area contributed by atoms with Crippen LogP contribution in [0.2, 0.25) is 5.28 Å². The van der Waals surface area contributed by atoms with Crippen LogP contribution in [0, 0.1) is 27.3 Å². The number of hydrogen-bond acceptors (Lipinski definition) is 7. The van der Waals surface area contributed by atoms with Crippen molar-refractivity contribution < 1.29 is 24.0 Å². The summed E-state index contributed by atoms with van der Waals surface area (Å²) in [5.41, 5.74) is 3.12. The number of hydrogen-bond donors (Lipinski definition) is 1. The predicted molar refractivity (Wildman–Crippen MR) is 130 cm³/mol. The maximum atomic E-state index is 13.4. The van der Waals surface area contributed by atoms with E-state index < -0.39 is 11.0 Å². The van der Waals surface area contributed by atoms with Gasteiger partial charge in [-0.25, -0.2) is 19.2 Å². The Morgan fingerprint density at radius 1 is 1.27 bits per heavy atom. The summed E-state index contributed by atoms with van der Waals surface area (Å²) in [7, 11) is 0. The third-order valence-corrected chi connectivity index (χ3v) is 6.36. The monoisotopic (exact) mass is 525 g/mol. The van der Waals surface area contributed by atoms with Gasteiger partial charge in [-0.05, 0) is 53.8 Å². The molecule has 0 spiro atoms. The molecule has 1 amide bonds. The quantitative estimate of drug-likeness (QED) is 0.240. The Morgan fingerprint density at radius 3 is 2.70 bits per heavy atom. The fourth-order valence-corrected chi connectivity index (χ4v) is 4.57. The lowest BCUT2D eigenvalue weighted by Crippen LogP contribution is -2.35. The maximum absolute atomic E-state index is 13.4. The molecule has 0 saturated carbocycles. The van der Waals surface area contributed by atoms with E-state index in [1.54, 1.807) is 12.1 Å². The minimum atomic E-state index is -1.18. The van der Waals surface area contributed by atoms with Crippen molar-refractivity contribution in [3.8, 4) is 11.8 Å². The molecule has 4 rings (SSSR count). The van der Waals surface area contributed by atoms with E-state index in [0.29, 0.717) is 12.1 Å². The minimum Gasteiger partial charge on any atom is -0.490 e. The molecule has 0 fully saturated rings. The Morgan fingerprint density at radius 2 is 2.03 bits per heavy atom. The number of fused-ring (bicyclic) bond motifs is 1. The van der Waals surface area contributed by atoms with Gasteiger partial charge < -0.3 is 14.7 Å². The first-order valence-corrected chi connectivity index (χ1v) is 11.7. The second kappa shape index (κ2) is 11.2. The largest absolute Gasteiger partial charge is 0.490 e. The molecule has 2 aromatic carbocycles. The van der Waals surface area contributed by atoms with Crippen LogP contribution in [0.3, 0.4) is 0 Å². The molecule has 1 atom stereocenters. The van der Waals surface area contributed by atoms with Crippen molar-refractivity contribution in [2.24, 2.45) is 0 Å². The number of aromatic nitrogens is 2. The predicted octanol–water partition coefficient (Wildman–Crippen LogP) is 4.73. The summed E-state index contributed by atoms with van der Waals surface area (Å²) in [6.45, 7) is -0.0563. The van der Waals surface area contributed by atoms with Crippen LogP contribution in [0.25, 0.3) is 0 Å². The smallest absolute Gasteiger partial charge is 0.407 e. The highest BCUT2D eigenvalue weighted by Crippen LogP contribution is 2.38. The lowest BCUT2D eigenvalue weighted by atomic mass is 9.96. The Hall–Kier alpha value is -4.30. The molecule has 1 unspecified atom stereocenters. The van der Waals surface area contributed by atoms with E-state index in [1.165, 1.54) is 24.3 Å². The zero-order valence-electron chi connectivity index (χ0n) is 19.4. The molecule has 1 aliphatic carbocycles. The first kappa shape index (κ1) is 25.8. The second-order valence-corrected chi connectivity index (χ2v) is 8.70. The fraction of sp³-hybridized carbons (Fsp3) is 0.280. The van der Waals surface area contributed by atoms with Gasteiger partial charge in [-0.1, -0.05) is 12.1 Å². The zero-order valence-corrected chi connectivity index (χ0v) is 20.2. The van der Waals surface area contributed by atoms with Crippen LogP contribution in [0.5, 0.6) is 5.75 Å². The lowest BCUT2D eigenvalue weighted by Gasteiger charge is -2.20. The number of carboxylic acid groups (broad SMARTS) is 1. The van der Waals surface area contributed by atoms with Crippen LogP contribution in [-0.4, -0.2) is 50.7 Å². The summed E-state index contributed by atoms with van der Waals surface area (Å²) >= 11 is 6.19. The van der Waals surface area contributed by atoms with Crippen LogP contribution in [-0.2, 0) is 12.8 Å². The van der Waals surface area contributed by atoms with Crippen molar-refractivity contribution in [3.63, 3.8) is 0 Å². The molecular formula is C25H21ClFN5O5. The van der Waals surface area contributed by atoms with Gasteiger partial charge >= 0.3 is 6.09 Å². The molecular weight excluding hydrogens is 505 g/mol. The highest BCUT2D eigenvalue weighted by atomic mass is 35.5. The Kier molecular flexibility index (Phi) is 7.79. The van der Waals surface area contributed by atoms with E-state index in [0.717, 1.165) is 34.2 Å². The Labute approximate surface area is 216 Å². The number of non-ortho nitro benzene ring substituents is 1. The molecule has 0 bridgehead atoms. The molecule has 1 aliphatic rings. The first-order chi connectivity index (χ1) is 17.8. The minimum absolute atomic E-state index is 0.00859. The van der Waals surface area contributed by atoms with Gasteiger partial charge in [0.1, 0.15) is 24.2 Å². The highest BCUT2D eigenvalue weighted by molar-refractivity contribution is 6.28. The molecule has 10 nitrogen and oxygen atoms in total. The van der Waals surface area contributed by atoms with Gasteiger partial charge in [0.15, 0.2) is 0 Å². The van der Waals surface area contributed by atoms with Crippen LogP contribution in [0.4, 0.5) is 14.9 Å². The standard InChI is InChI=1S/C25H21ClFN5O5/c26-24-29-21(20-8-7-19(23(20)30-24)15-1-4-17(27)5-2-15)9-10-31(25(33)34)11-12-37-22-13-18(32(35)36)6-3-16(22)14-28/h1-6,13,19H,7-12H2,(H,33,34). The van der Waals surface area contributed by atoms with Gasteiger partial charge in [0, 0.05) is 24.9 Å². The van der Waals surface area contributed by atoms with E-state index in [1.807, 2.05) is 6.07 Å². The van der Waals surface area contributed by atoms with Crippen molar-refractivity contribution in [2.75, 3.05) is 19.7 Å². The van der Waals surface area contributed by atoms with Crippen LogP contribution >= 0.6 is 11.6 Å². The lowest BCUT2D eigenvalue weighted by molar-refractivity contribution is -0.384. The summed E-state index contributed by atoms with van der Waals surface area (Å²) in [6.07, 6.45) is 0.546. The van der Waals surface area contributed by atoms with Crippen molar-refractivity contribution in [1.82, 2.24) is 14.9 Å². The molecule has 12 heteroatoms. The summed E-state index contributed by atoms with van der Waals surface area (Å²) in [5, 5.41) is 29.9. The number of halogens is 2. The van der Waals surface area contributed by atoms with E-state index in [9.17, 15) is 29.7 Å². The summed E-state index contributed by atoms with van der Waals surface area (Å²) in [5.74, 6) is -0.368. The van der Waals surface area contributed by atoms with Gasteiger partial charge in [0.25, 0.3) is 5.69 Å². The molecule has 0 aliphatic heterocycles. The van der Waals surface area contributed by atoms with Crippen molar-refractivity contribution >= 4 is 23.4 Å². The average molecular weight is 526 g/mol. The molecule has 190 valence electrons. The van der Waals surface area contributed by atoms with Crippen LogP contribution < -0.4 is 4.74 Å². The molecule has 3 aromatic rings. The summed E-state index contributed by atoms with van der Waals surface area (Å²) in [6, 6.07) is 11.7. The summed E-state index contributed by atoms with van der Waals surface area (Å²) in [4.78, 5) is 32.1. The summed E-state index contributed by atoms with van der Waals surface area (Å²) < 4.78 is 18.9. The van der Waals surface area contributed by atoms with E-state index >= 15 is 0 Å². The number of nitro benzene ring substituents is 1. The average Bonchev–Trinajstić information content (AvgIpc) is 3.29. The highest BCUT2D eigenvalue weighted by Gasteiger charge is 2.29. The topological polar surface area (TPSA) is 142 Å². The fourth-order valence-electron chi connectivity index (χ4n) is 4.38. The Bertz CT molecular complexity index is 1380.